The van der Waals surface area contributed by atoms with Crippen molar-refractivity contribution in [2.75, 3.05) is 0 Å². The van der Waals surface area contributed by atoms with Crippen molar-refractivity contribution >= 4 is 5.97 Å². The van der Waals surface area contributed by atoms with E-state index in [2.05, 4.69) is 39.0 Å². The number of carbonyl (C=O) groups is 1. The molecule has 2 nitrogen and oxygen atoms in total. The third-order valence-corrected chi connectivity index (χ3v) is 3.99. The number of aryl methyl sites for hydroxylation is 1. The molecule has 0 unspecified atom stereocenters. The van der Waals surface area contributed by atoms with Crippen molar-refractivity contribution in [1.29, 1.82) is 0 Å². The zero-order chi connectivity index (χ0) is 13.6. The molecule has 3 rings (SSSR count). The Morgan fingerprint density at radius 2 is 1.79 bits per heavy atom. The Bertz CT molecular complexity index is 684. The van der Waals surface area contributed by atoms with Gasteiger partial charge in [-0.05, 0) is 60.7 Å². The van der Waals surface area contributed by atoms with E-state index in [4.69, 9.17) is 4.74 Å². The van der Waals surface area contributed by atoms with Gasteiger partial charge in [-0.25, -0.2) is 0 Å². The molecule has 1 aliphatic rings. The van der Waals surface area contributed by atoms with Gasteiger partial charge < -0.3 is 4.74 Å². The van der Waals surface area contributed by atoms with Gasteiger partial charge in [0.25, 0.3) is 0 Å². The summed E-state index contributed by atoms with van der Waals surface area (Å²) in [5.74, 6) is 0.541. The summed E-state index contributed by atoms with van der Waals surface area (Å²) in [7, 11) is 0. The van der Waals surface area contributed by atoms with Gasteiger partial charge in [-0.1, -0.05) is 18.2 Å². The Labute approximate surface area is 113 Å². The van der Waals surface area contributed by atoms with E-state index in [0.717, 1.165) is 11.1 Å². The van der Waals surface area contributed by atoms with Crippen molar-refractivity contribution in [2.24, 2.45) is 0 Å². The van der Waals surface area contributed by atoms with Crippen LogP contribution in [0.4, 0.5) is 0 Å². The van der Waals surface area contributed by atoms with Crippen LogP contribution in [-0.2, 0) is 11.2 Å². The number of hydrogen-bond donors (Lipinski definition) is 0. The zero-order valence-corrected chi connectivity index (χ0v) is 11.4. The van der Waals surface area contributed by atoms with E-state index in [1.54, 1.807) is 0 Å². The summed E-state index contributed by atoms with van der Waals surface area (Å²) < 4.78 is 5.13. The SMILES string of the molecule is Cc1ccc(-c2ccc3c(c2)CC(=O)O3)c(C)c1C. The van der Waals surface area contributed by atoms with Crippen LogP contribution in [0.3, 0.4) is 0 Å². The minimum atomic E-state index is -0.163. The molecule has 2 heteroatoms. The van der Waals surface area contributed by atoms with Crippen LogP contribution in [0.2, 0.25) is 0 Å². The molecule has 0 aromatic heterocycles. The molecule has 0 aliphatic carbocycles. The quantitative estimate of drug-likeness (QED) is 0.571. The Hall–Kier alpha value is -2.09. The lowest BCUT2D eigenvalue weighted by Crippen LogP contribution is -2.00. The molecule has 19 heavy (non-hydrogen) atoms. The second-order valence-electron chi connectivity index (χ2n) is 5.15. The highest BCUT2D eigenvalue weighted by atomic mass is 16.5. The van der Waals surface area contributed by atoms with Crippen molar-refractivity contribution in [2.45, 2.75) is 27.2 Å². The van der Waals surface area contributed by atoms with Crippen LogP contribution in [0, 0.1) is 20.8 Å². The van der Waals surface area contributed by atoms with Crippen molar-refractivity contribution in [3.8, 4) is 16.9 Å². The van der Waals surface area contributed by atoms with Gasteiger partial charge in [0.1, 0.15) is 5.75 Å². The molecular formula is C17H16O2. The number of fused-ring (bicyclic) bond motifs is 1. The largest absolute Gasteiger partial charge is 0.426 e. The number of esters is 1. The summed E-state index contributed by atoms with van der Waals surface area (Å²) in [6.07, 6.45) is 0.382. The van der Waals surface area contributed by atoms with Gasteiger partial charge in [0.15, 0.2) is 0 Å². The lowest BCUT2D eigenvalue weighted by atomic mass is 9.93. The molecule has 1 aliphatic heterocycles. The molecule has 96 valence electrons. The summed E-state index contributed by atoms with van der Waals surface area (Å²) in [6.45, 7) is 6.42. The van der Waals surface area contributed by atoms with E-state index in [-0.39, 0.29) is 5.97 Å². The van der Waals surface area contributed by atoms with Crippen molar-refractivity contribution < 1.29 is 9.53 Å². The fraction of sp³-hybridized carbons (Fsp3) is 0.235. The minimum absolute atomic E-state index is 0.163. The van der Waals surface area contributed by atoms with Gasteiger partial charge in [-0.15, -0.1) is 0 Å². The molecule has 0 atom stereocenters. The van der Waals surface area contributed by atoms with Crippen LogP contribution in [-0.4, -0.2) is 5.97 Å². The van der Waals surface area contributed by atoms with Gasteiger partial charge in [-0.3, -0.25) is 4.79 Å². The topological polar surface area (TPSA) is 26.3 Å². The molecule has 0 spiro atoms. The maximum Gasteiger partial charge on any atom is 0.315 e. The standard InChI is InChI=1S/C17H16O2/c1-10-4-6-15(12(3)11(10)2)13-5-7-16-14(8-13)9-17(18)19-16/h4-8H,9H2,1-3H3. The summed E-state index contributed by atoms with van der Waals surface area (Å²) in [4.78, 5) is 11.3. The monoisotopic (exact) mass is 252 g/mol. The first-order valence-corrected chi connectivity index (χ1v) is 6.47. The second-order valence-corrected chi connectivity index (χ2v) is 5.15. The van der Waals surface area contributed by atoms with Crippen LogP contribution >= 0.6 is 0 Å². The predicted molar refractivity (Wildman–Crippen MR) is 75.4 cm³/mol. The Morgan fingerprint density at radius 1 is 1.00 bits per heavy atom. The molecule has 2 aromatic rings. The Kier molecular flexibility index (Phi) is 2.67. The molecule has 0 amide bonds. The number of ether oxygens (including phenoxy) is 1. The van der Waals surface area contributed by atoms with Crippen molar-refractivity contribution in [1.82, 2.24) is 0 Å². The van der Waals surface area contributed by atoms with Gasteiger partial charge in [0, 0.05) is 5.56 Å². The van der Waals surface area contributed by atoms with Gasteiger partial charge >= 0.3 is 5.97 Å². The third-order valence-electron chi connectivity index (χ3n) is 3.99. The van der Waals surface area contributed by atoms with Crippen LogP contribution in [0.25, 0.3) is 11.1 Å². The summed E-state index contributed by atoms with van der Waals surface area (Å²) in [5.41, 5.74) is 7.29. The second kappa shape index (κ2) is 4.23. The van der Waals surface area contributed by atoms with Gasteiger partial charge in [0.05, 0.1) is 6.42 Å². The fourth-order valence-corrected chi connectivity index (χ4v) is 2.57. The van der Waals surface area contributed by atoms with E-state index >= 15 is 0 Å². The highest BCUT2D eigenvalue weighted by Crippen LogP contribution is 2.33. The Balaban J connectivity index is 2.12. The smallest absolute Gasteiger partial charge is 0.315 e. The van der Waals surface area contributed by atoms with Crippen LogP contribution in [0.1, 0.15) is 22.3 Å². The average molecular weight is 252 g/mol. The first kappa shape index (κ1) is 12.0. The zero-order valence-electron chi connectivity index (χ0n) is 11.4. The number of rotatable bonds is 1. The average Bonchev–Trinajstić information content (AvgIpc) is 2.75. The molecule has 0 saturated carbocycles. The molecule has 0 N–H and O–H groups in total. The molecule has 0 saturated heterocycles. The molecule has 0 fully saturated rings. The van der Waals surface area contributed by atoms with E-state index < -0.39 is 0 Å². The molecule has 0 bridgehead atoms. The predicted octanol–water partition coefficient (Wildman–Crippen LogP) is 3.74. The van der Waals surface area contributed by atoms with Crippen molar-refractivity contribution in [3.05, 3.63) is 52.6 Å². The summed E-state index contributed by atoms with van der Waals surface area (Å²) in [5, 5.41) is 0. The molecule has 2 aromatic carbocycles. The molecule has 1 heterocycles. The van der Waals surface area contributed by atoms with Crippen molar-refractivity contribution in [3.63, 3.8) is 0 Å². The third kappa shape index (κ3) is 1.93. The molecular weight excluding hydrogens is 236 g/mol. The number of benzene rings is 2. The maximum absolute atomic E-state index is 11.3. The lowest BCUT2D eigenvalue weighted by molar-refractivity contribution is -0.131. The highest BCUT2D eigenvalue weighted by molar-refractivity contribution is 5.83. The van der Waals surface area contributed by atoms with E-state index in [1.807, 2.05) is 12.1 Å². The van der Waals surface area contributed by atoms with Gasteiger partial charge in [0.2, 0.25) is 0 Å². The first-order valence-electron chi connectivity index (χ1n) is 6.47. The highest BCUT2D eigenvalue weighted by Gasteiger charge is 2.20. The van der Waals surface area contributed by atoms with Crippen LogP contribution < -0.4 is 4.74 Å². The summed E-state index contributed by atoms with van der Waals surface area (Å²) in [6, 6.07) is 10.3. The summed E-state index contributed by atoms with van der Waals surface area (Å²) >= 11 is 0. The fourth-order valence-electron chi connectivity index (χ4n) is 2.57. The number of carbonyl (C=O) groups excluding carboxylic acids is 1. The maximum atomic E-state index is 11.3. The minimum Gasteiger partial charge on any atom is -0.426 e. The lowest BCUT2D eigenvalue weighted by Gasteiger charge is -2.12. The van der Waals surface area contributed by atoms with Crippen LogP contribution in [0.5, 0.6) is 5.75 Å². The van der Waals surface area contributed by atoms with Crippen LogP contribution in [0.15, 0.2) is 30.3 Å². The molecule has 0 radical (unpaired) electrons. The van der Waals surface area contributed by atoms with E-state index in [0.29, 0.717) is 12.2 Å². The first-order chi connectivity index (χ1) is 9.06. The number of hydrogen-bond acceptors (Lipinski definition) is 2. The van der Waals surface area contributed by atoms with Gasteiger partial charge in [-0.2, -0.15) is 0 Å². The van der Waals surface area contributed by atoms with E-state index in [1.165, 1.54) is 22.3 Å². The van der Waals surface area contributed by atoms with E-state index in [9.17, 15) is 4.79 Å². The normalized spacial score (nSPS) is 13.3. The Morgan fingerprint density at radius 3 is 2.58 bits per heavy atom.